The fourth-order valence-electron chi connectivity index (χ4n) is 3.62. The van der Waals surface area contributed by atoms with E-state index < -0.39 is 22.1 Å². The molecule has 0 amide bonds. The molecule has 0 saturated carbocycles. The van der Waals surface area contributed by atoms with Crippen molar-refractivity contribution in [1.82, 2.24) is 0 Å². The number of benzene rings is 3. The average Bonchev–Trinajstić information content (AvgIpc) is 3.24. The van der Waals surface area contributed by atoms with Crippen LogP contribution in [-0.4, -0.2) is 32.8 Å². The van der Waals surface area contributed by atoms with Crippen molar-refractivity contribution in [2.45, 2.75) is 24.3 Å². The Morgan fingerprint density at radius 3 is 2.41 bits per heavy atom. The fourth-order valence-corrected chi connectivity index (χ4v) is 5.63. The first kappa shape index (κ1) is 22.0. The molecule has 0 bridgehead atoms. The maximum Gasteiger partial charge on any atom is 0.338 e. The summed E-state index contributed by atoms with van der Waals surface area (Å²) in [6.45, 7) is 1.76. The third kappa shape index (κ3) is 4.13. The minimum atomic E-state index is -4.00. The van der Waals surface area contributed by atoms with Gasteiger partial charge in [-0.2, -0.15) is 0 Å². The number of hydrogen-bond donors (Lipinski definition) is 0. The molecule has 0 saturated heterocycles. The predicted molar refractivity (Wildman–Crippen MR) is 122 cm³/mol. The second-order valence-corrected chi connectivity index (χ2v) is 9.62. The molecular formula is C24H20ClNO5S. The highest BCUT2D eigenvalue weighted by Crippen LogP contribution is 2.35. The fraction of sp³-hybridized carbons (Fsp3) is 0.167. The smallest absolute Gasteiger partial charge is 0.338 e. The SMILES string of the molecule is CC(OC(=O)c1ccc(Cl)c(S(=O)(=O)N2CCc3ccccc32)c1)C(=O)c1ccccc1. The number of halogens is 1. The van der Waals surface area contributed by atoms with Crippen LogP contribution < -0.4 is 4.31 Å². The molecule has 8 heteroatoms. The number of para-hydroxylation sites is 1. The van der Waals surface area contributed by atoms with Crippen LogP contribution >= 0.6 is 11.6 Å². The molecule has 0 spiro atoms. The molecule has 1 aliphatic rings. The average molecular weight is 470 g/mol. The molecule has 0 aromatic heterocycles. The molecule has 1 atom stereocenters. The van der Waals surface area contributed by atoms with Gasteiger partial charge in [0.25, 0.3) is 10.0 Å². The molecule has 1 aliphatic heterocycles. The Balaban J connectivity index is 1.59. The zero-order valence-electron chi connectivity index (χ0n) is 17.2. The quantitative estimate of drug-likeness (QED) is 0.391. The monoisotopic (exact) mass is 469 g/mol. The lowest BCUT2D eigenvalue weighted by Crippen LogP contribution is -2.29. The number of carbonyl (C=O) groups excluding carboxylic acids is 2. The number of hydrogen-bond acceptors (Lipinski definition) is 5. The Labute approximate surface area is 191 Å². The Morgan fingerprint density at radius 2 is 1.66 bits per heavy atom. The van der Waals surface area contributed by atoms with Gasteiger partial charge in [0.2, 0.25) is 5.78 Å². The number of Topliss-reactive ketones (excluding diaryl/α,β-unsaturated/α-hetero) is 1. The molecule has 0 fully saturated rings. The first-order valence-corrected chi connectivity index (χ1v) is 11.8. The van der Waals surface area contributed by atoms with E-state index in [4.69, 9.17) is 16.3 Å². The summed E-state index contributed by atoms with van der Waals surface area (Å²) < 4.78 is 33.3. The van der Waals surface area contributed by atoms with Crippen molar-refractivity contribution in [3.63, 3.8) is 0 Å². The minimum absolute atomic E-state index is 0.000610. The van der Waals surface area contributed by atoms with Gasteiger partial charge in [-0.1, -0.05) is 60.1 Å². The predicted octanol–water partition coefficient (Wildman–Crippen LogP) is 4.52. The molecule has 1 unspecified atom stereocenters. The van der Waals surface area contributed by atoms with Crippen LogP contribution in [0.5, 0.6) is 0 Å². The number of sulfonamides is 1. The number of ketones is 1. The summed E-state index contributed by atoms with van der Waals surface area (Å²) in [7, 11) is -4.00. The van der Waals surface area contributed by atoms with E-state index in [1.54, 1.807) is 42.5 Å². The van der Waals surface area contributed by atoms with Crippen molar-refractivity contribution in [3.8, 4) is 0 Å². The van der Waals surface area contributed by atoms with Crippen molar-refractivity contribution in [2.24, 2.45) is 0 Å². The molecule has 3 aromatic carbocycles. The maximum atomic E-state index is 13.3. The number of esters is 1. The number of ether oxygens (including phenoxy) is 1. The number of carbonyl (C=O) groups is 2. The van der Waals surface area contributed by atoms with E-state index in [0.717, 1.165) is 5.56 Å². The summed E-state index contributed by atoms with van der Waals surface area (Å²) in [6.07, 6.45) is -0.445. The van der Waals surface area contributed by atoms with Gasteiger partial charge in [0.15, 0.2) is 6.10 Å². The zero-order chi connectivity index (χ0) is 22.9. The number of rotatable bonds is 6. The molecule has 4 rings (SSSR count). The largest absolute Gasteiger partial charge is 0.451 e. The van der Waals surface area contributed by atoms with Crippen LogP contribution in [0.1, 0.15) is 33.2 Å². The second kappa shape index (κ2) is 8.76. The van der Waals surface area contributed by atoms with Crippen molar-refractivity contribution in [2.75, 3.05) is 10.8 Å². The first-order valence-electron chi connectivity index (χ1n) is 9.99. The Kier molecular flexibility index (Phi) is 6.04. The highest BCUT2D eigenvalue weighted by atomic mass is 35.5. The van der Waals surface area contributed by atoms with E-state index in [1.807, 2.05) is 12.1 Å². The number of fused-ring (bicyclic) bond motifs is 1. The van der Waals surface area contributed by atoms with Gasteiger partial charge in [-0.25, -0.2) is 13.2 Å². The third-order valence-corrected chi connectivity index (χ3v) is 7.59. The standard InChI is InChI=1S/C24H20ClNO5S/c1-16(23(27)18-8-3-2-4-9-18)31-24(28)19-11-12-20(25)22(15-19)32(29,30)26-14-13-17-7-5-6-10-21(17)26/h2-12,15-16H,13-14H2,1H3. The molecule has 164 valence electrons. The zero-order valence-corrected chi connectivity index (χ0v) is 18.8. The van der Waals surface area contributed by atoms with Crippen molar-refractivity contribution in [3.05, 3.63) is 94.5 Å². The molecule has 1 heterocycles. The molecule has 32 heavy (non-hydrogen) atoms. The van der Waals surface area contributed by atoms with E-state index >= 15 is 0 Å². The van der Waals surface area contributed by atoms with Crippen LogP contribution in [0.3, 0.4) is 0 Å². The Bertz CT molecular complexity index is 1290. The molecule has 3 aromatic rings. The Hall–Kier alpha value is -3.16. The van der Waals surface area contributed by atoms with E-state index in [2.05, 4.69) is 0 Å². The summed E-state index contributed by atoms with van der Waals surface area (Å²) in [5, 5.41) is -0.000610. The van der Waals surface area contributed by atoms with Crippen LogP contribution in [-0.2, 0) is 21.2 Å². The van der Waals surface area contributed by atoms with E-state index in [1.165, 1.54) is 29.4 Å². The van der Waals surface area contributed by atoms with Crippen LogP contribution in [0.2, 0.25) is 5.02 Å². The topological polar surface area (TPSA) is 80.8 Å². The first-order chi connectivity index (χ1) is 15.3. The van der Waals surface area contributed by atoms with Gasteiger partial charge in [0.1, 0.15) is 4.90 Å². The van der Waals surface area contributed by atoms with Gasteiger partial charge in [0, 0.05) is 12.1 Å². The summed E-state index contributed by atoms with van der Waals surface area (Å²) in [5.74, 6) is -1.16. The van der Waals surface area contributed by atoms with Gasteiger partial charge in [-0.05, 0) is 43.2 Å². The lowest BCUT2D eigenvalue weighted by atomic mass is 10.1. The lowest BCUT2D eigenvalue weighted by Gasteiger charge is -2.20. The van der Waals surface area contributed by atoms with E-state index in [0.29, 0.717) is 17.7 Å². The lowest BCUT2D eigenvalue weighted by molar-refractivity contribution is 0.0318. The molecule has 0 radical (unpaired) electrons. The Morgan fingerprint density at radius 1 is 0.969 bits per heavy atom. The maximum absolute atomic E-state index is 13.3. The van der Waals surface area contributed by atoms with Gasteiger partial charge in [0.05, 0.1) is 16.3 Å². The van der Waals surface area contributed by atoms with Crippen LogP contribution in [0.25, 0.3) is 0 Å². The summed E-state index contributed by atoms with van der Waals surface area (Å²) in [5.41, 5.74) is 1.93. The van der Waals surface area contributed by atoms with Gasteiger partial charge < -0.3 is 4.74 Å². The highest BCUT2D eigenvalue weighted by Gasteiger charge is 2.33. The molecule has 0 N–H and O–H groups in total. The third-order valence-electron chi connectivity index (χ3n) is 5.29. The van der Waals surface area contributed by atoms with Crippen LogP contribution in [0.4, 0.5) is 5.69 Å². The second-order valence-electron chi connectivity index (χ2n) is 7.38. The minimum Gasteiger partial charge on any atom is -0.451 e. The van der Waals surface area contributed by atoms with Crippen LogP contribution in [0.15, 0.2) is 77.7 Å². The van der Waals surface area contributed by atoms with Crippen molar-refractivity contribution >= 4 is 39.1 Å². The summed E-state index contributed by atoms with van der Waals surface area (Å²) in [4.78, 5) is 25.0. The molecule has 0 aliphatic carbocycles. The van der Waals surface area contributed by atoms with Crippen molar-refractivity contribution < 1.29 is 22.7 Å². The normalized spacial score (nSPS) is 14.0. The number of nitrogens with zero attached hydrogens (tertiary/aromatic N) is 1. The van der Waals surface area contributed by atoms with Gasteiger partial charge in [-0.15, -0.1) is 0 Å². The van der Waals surface area contributed by atoms with Crippen molar-refractivity contribution in [1.29, 1.82) is 0 Å². The van der Waals surface area contributed by atoms with E-state index in [-0.39, 0.29) is 27.8 Å². The summed E-state index contributed by atoms with van der Waals surface area (Å²) in [6, 6.07) is 19.6. The van der Waals surface area contributed by atoms with Crippen LogP contribution in [0, 0.1) is 0 Å². The van der Waals surface area contributed by atoms with Gasteiger partial charge >= 0.3 is 5.97 Å². The highest BCUT2D eigenvalue weighted by molar-refractivity contribution is 7.93. The van der Waals surface area contributed by atoms with E-state index in [9.17, 15) is 18.0 Å². The molecular weight excluding hydrogens is 450 g/mol. The van der Waals surface area contributed by atoms with Gasteiger partial charge in [-0.3, -0.25) is 9.10 Å². The molecule has 6 nitrogen and oxygen atoms in total. The summed E-state index contributed by atoms with van der Waals surface area (Å²) >= 11 is 6.22. The number of anilines is 1.